The Labute approximate surface area is 146 Å². The van der Waals surface area contributed by atoms with Crippen LogP contribution in [0.1, 0.15) is 25.3 Å². The highest BCUT2D eigenvalue weighted by molar-refractivity contribution is 5.84. The third-order valence-electron chi connectivity index (χ3n) is 4.32. The van der Waals surface area contributed by atoms with Crippen LogP contribution in [0.15, 0.2) is 60.7 Å². The predicted octanol–water partition coefficient (Wildman–Crippen LogP) is 6.78. The average molecular weight is 340 g/mol. The lowest BCUT2D eigenvalue weighted by atomic mass is 9.92. The second kappa shape index (κ2) is 7.56. The van der Waals surface area contributed by atoms with Crippen LogP contribution < -0.4 is 0 Å². The van der Waals surface area contributed by atoms with E-state index in [2.05, 4.69) is 6.92 Å². The van der Waals surface area contributed by atoms with Crippen LogP contribution in [-0.2, 0) is 6.42 Å². The number of halogens is 3. The van der Waals surface area contributed by atoms with Crippen molar-refractivity contribution in [3.05, 3.63) is 83.7 Å². The van der Waals surface area contributed by atoms with Gasteiger partial charge in [0.05, 0.1) is 0 Å². The number of hydrogen-bond donors (Lipinski definition) is 0. The first-order valence-electron chi connectivity index (χ1n) is 8.44. The maximum absolute atomic E-state index is 14.6. The molecule has 0 radical (unpaired) electrons. The molecule has 3 aromatic carbocycles. The maximum Gasteiger partial charge on any atom is 0.167 e. The molecule has 0 unspecified atom stereocenters. The summed E-state index contributed by atoms with van der Waals surface area (Å²) in [6.45, 7) is 2.12. The monoisotopic (exact) mass is 340 g/mol. The van der Waals surface area contributed by atoms with Gasteiger partial charge in [0.15, 0.2) is 11.6 Å². The second-order valence-corrected chi connectivity index (χ2v) is 6.06. The summed E-state index contributed by atoms with van der Waals surface area (Å²) >= 11 is 0. The second-order valence-electron chi connectivity index (χ2n) is 6.06. The Kier molecular flexibility index (Phi) is 5.22. The predicted molar refractivity (Wildman–Crippen MR) is 95.8 cm³/mol. The summed E-state index contributed by atoms with van der Waals surface area (Å²) in [5, 5.41) is 0. The number of unbranched alkanes of at least 4 members (excludes halogenated alkanes) is 1. The topological polar surface area (TPSA) is 0 Å². The highest BCUT2D eigenvalue weighted by Gasteiger charge is 2.18. The quantitative estimate of drug-likeness (QED) is 0.480. The molecule has 0 saturated heterocycles. The normalized spacial score (nSPS) is 10.9. The van der Waals surface area contributed by atoms with Gasteiger partial charge in [0, 0.05) is 11.1 Å². The molecule has 128 valence electrons. The van der Waals surface area contributed by atoms with Gasteiger partial charge in [-0.25, -0.2) is 13.2 Å². The maximum atomic E-state index is 14.6. The minimum atomic E-state index is -0.956. The number of benzene rings is 3. The van der Waals surface area contributed by atoms with E-state index in [-0.39, 0.29) is 11.1 Å². The van der Waals surface area contributed by atoms with Crippen LogP contribution in [0.4, 0.5) is 13.2 Å². The highest BCUT2D eigenvalue weighted by atomic mass is 19.2. The van der Waals surface area contributed by atoms with Crippen molar-refractivity contribution in [3.63, 3.8) is 0 Å². The van der Waals surface area contributed by atoms with Crippen molar-refractivity contribution in [1.82, 2.24) is 0 Å². The van der Waals surface area contributed by atoms with Crippen LogP contribution in [0, 0.1) is 17.5 Å². The van der Waals surface area contributed by atoms with Gasteiger partial charge in [-0.15, -0.1) is 0 Å². The van der Waals surface area contributed by atoms with Gasteiger partial charge in [-0.1, -0.05) is 61.9 Å². The largest absolute Gasteiger partial charge is 0.206 e. The van der Waals surface area contributed by atoms with Gasteiger partial charge >= 0.3 is 0 Å². The highest BCUT2D eigenvalue weighted by Crippen LogP contribution is 2.36. The lowest BCUT2D eigenvalue weighted by molar-refractivity contribution is 0.511. The Balaban J connectivity index is 2.12. The van der Waals surface area contributed by atoms with E-state index < -0.39 is 17.5 Å². The molecule has 0 bridgehead atoms. The third-order valence-corrected chi connectivity index (χ3v) is 4.32. The Morgan fingerprint density at radius 2 is 1.44 bits per heavy atom. The number of aryl methyl sites for hydroxylation is 1. The Morgan fingerprint density at radius 1 is 0.720 bits per heavy atom. The fourth-order valence-electron chi connectivity index (χ4n) is 2.96. The first kappa shape index (κ1) is 17.3. The van der Waals surface area contributed by atoms with E-state index >= 15 is 0 Å². The van der Waals surface area contributed by atoms with Crippen LogP contribution in [0.2, 0.25) is 0 Å². The molecule has 0 fully saturated rings. The van der Waals surface area contributed by atoms with Crippen LogP contribution in [0.5, 0.6) is 0 Å². The van der Waals surface area contributed by atoms with Crippen molar-refractivity contribution in [2.45, 2.75) is 26.2 Å². The van der Waals surface area contributed by atoms with E-state index in [1.165, 1.54) is 12.1 Å². The summed E-state index contributed by atoms with van der Waals surface area (Å²) in [5.41, 5.74) is 2.38. The Morgan fingerprint density at radius 3 is 2.12 bits per heavy atom. The van der Waals surface area contributed by atoms with Gasteiger partial charge in [0.1, 0.15) is 5.82 Å². The molecule has 0 N–H and O–H groups in total. The molecule has 0 aliphatic heterocycles. The molecule has 0 spiro atoms. The van der Waals surface area contributed by atoms with E-state index in [1.807, 2.05) is 12.1 Å². The van der Waals surface area contributed by atoms with Crippen LogP contribution in [0.3, 0.4) is 0 Å². The first-order valence-corrected chi connectivity index (χ1v) is 8.44. The lowest BCUT2D eigenvalue weighted by Crippen LogP contribution is -1.96. The molecule has 3 heteroatoms. The summed E-state index contributed by atoms with van der Waals surface area (Å²) in [7, 11) is 0. The van der Waals surface area contributed by atoms with Gasteiger partial charge in [-0.3, -0.25) is 0 Å². The van der Waals surface area contributed by atoms with E-state index in [9.17, 15) is 13.2 Å². The van der Waals surface area contributed by atoms with E-state index in [4.69, 9.17) is 0 Å². The molecular weight excluding hydrogens is 321 g/mol. The lowest BCUT2D eigenvalue weighted by Gasteiger charge is -2.13. The molecule has 0 atom stereocenters. The van der Waals surface area contributed by atoms with Gasteiger partial charge in [-0.05, 0) is 41.7 Å². The molecule has 0 aromatic heterocycles. The Bertz CT molecular complexity index is 867. The van der Waals surface area contributed by atoms with Crippen LogP contribution in [-0.4, -0.2) is 0 Å². The minimum absolute atomic E-state index is 0.0899. The fraction of sp³-hybridized carbons (Fsp3) is 0.182. The molecule has 3 rings (SSSR count). The van der Waals surface area contributed by atoms with Gasteiger partial charge in [0.2, 0.25) is 0 Å². The van der Waals surface area contributed by atoms with Crippen molar-refractivity contribution in [2.24, 2.45) is 0 Å². The summed E-state index contributed by atoms with van der Waals surface area (Å²) < 4.78 is 42.6. The Hall–Kier alpha value is -2.55. The van der Waals surface area contributed by atoms with Crippen LogP contribution >= 0.6 is 0 Å². The molecule has 25 heavy (non-hydrogen) atoms. The van der Waals surface area contributed by atoms with Crippen molar-refractivity contribution in [3.8, 4) is 22.3 Å². The molecule has 0 aliphatic carbocycles. The fourth-order valence-corrected chi connectivity index (χ4v) is 2.96. The molecule has 0 aliphatic rings. The summed E-state index contributed by atoms with van der Waals surface area (Å²) in [5.74, 6) is -2.36. The standard InChI is InChI=1S/C22H19F3/c1-2-3-6-15-9-11-16(12-10-15)21-18(13-14-20(24)22(21)25)17-7-4-5-8-19(17)23/h4-5,7-14H,2-3,6H2,1H3. The summed E-state index contributed by atoms with van der Waals surface area (Å²) in [6.07, 6.45) is 3.12. The van der Waals surface area contributed by atoms with E-state index in [1.54, 1.807) is 30.3 Å². The summed E-state index contributed by atoms with van der Waals surface area (Å²) in [4.78, 5) is 0. The van der Waals surface area contributed by atoms with Crippen molar-refractivity contribution < 1.29 is 13.2 Å². The van der Waals surface area contributed by atoms with Gasteiger partial charge < -0.3 is 0 Å². The SMILES string of the molecule is CCCCc1ccc(-c2c(-c3ccccc3F)ccc(F)c2F)cc1. The van der Waals surface area contributed by atoms with Crippen molar-refractivity contribution in [2.75, 3.05) is 0 Å². The first-order chi connectivity index (χ1) is 12.1. The molecule has 0 nitrogen and oxygen atoms in total. The third kappa shape index (κ3) is 3.60. The van der Waals surface area contributed by atoms with Gasteiger partial charge in [0.25, 0.3) is 0 Å². The summed E-state index contributed by atoms with van der Waals surface area (Å²) in [6, 6.07) is 16.0. The van der Waals surface area contributed by atoms with Crippen molar-refractivity contribution in [1.29, 1.82) is 0 Å². The molecule has 0 saturated carbocycles. The zero-order valence-electron chi connectivity index (χ0n) is 14.0. The smallest absolute Gasteiger partial charge is 0.167 e. The zero-order valence-corrected chi connectivity index (χ0v) is 14.0. The zero-order chi connectivity index (χ0) is 17.8. The van der Waals surface area contributed by atoms with E-state index in [0.29, 0.717) is 11.1 Å². The number of hydrogen-bond acceptors (Lipinski definition) is 0. The average Bonchev–Trinajstić information content (AvgIpc) is 2.63. The van der Waals surface area contributed by atoms with E-state index in [0.717, 1.165) is 30.9 Å². The number of rotatable bonds is 5. The minimum Gasteiger partial charge on any atom is -0.206 e. The van der Waals surface area contributed by atoms with Gasteiger partial charge in [-0.2, -0.15) is 0 Å². The van der Waals surface area contributed by atoms with Crippen LogP contribution in [0.25, 0.3) is 22.3 Å². The molecule has 0 heterocycles. The molecular formula is C22H19F3. The molecule has 0 amide bonds. The molecule has 3 aromatic rings. The van der Waals surface area contributed by atoms with Crippen molar-refractivity contribution >= 4 is 0 Å².